The van der Waals surface area contributed by atoms with E-state index < -0.39 is 0 Å². The Morgan fingerprint density at radius 3 is 2.78 bits per heavy atom. The highest BCUT2D eigenvalue weighted by molar-refractivity contribution is 5.96. The molecule has 4 rings (SSSR count). The van der Waals surface area contributed by atoms with Crippen LogP contribution < -0.4 is 10.6 Å². The maximum Gasteiger partial charge on any atom is 0.322 e. The second-order valence-electron chi connectivity index (χ2n) is 7.24. The van der Waals surface area contributed by atoms with Crippen LogP contribution >= 0.6 is 0 Å². The van der Waals surface area contributed by atoms with Gasteiger partial charge in [-0.05, 0) is 43.5 Å². The Hall–Kier alpha value is -2.90. The summed E-state index contributed by atoms with van der Waals surface area (Å²) < 4.78 is 1.81. The molecular weight excluding hydrogens is 344 g/mol. The molecule has 0 saturated heterocycles. The minimum Gasteiger partial charge on any atom is -0.349 e. The molecule has 1 saturated carbocycles. The summed E-state index contributed by atoms with van der Waals surface area (Å²) in [5.41, 5.74) is 2.20. The lowest BCUT2D eigenvalue weighted by Crippen LogP contribution is -2.41. The van der Waals surface area contributed by atoms with Crippen molar-refractivity contribution in [1.29, 1.82) is 0 Å². The van der Waals surface area contributed by atoms with Gasteiger partial charge in [-0.3, -0.25) is 4.79 Å². The van der Waals surface area contributed by atoms with E-state index in [-0.39, 0.29) is 11.9 Å². The predicted molar refractivity (Wildman–Crippen MR) is 100 cm³/mol. The summed E-state index contributed by atoms with van der Waals surface area (Å²) in [5, 5.41) is 10.2. The lowest BCUT2D eigenvalue weighted by molar-refractivity contribution is 0.0938. The van der Waals surface area contributed by atoms with E-state index in [1.54, 1.807) is 17.0 Å². The minimum absolute atomic E-state index is 0.0433. The number of nitrogens with one attached hydrogen (secondary N) is 2. The summed E-state index contributed by atoms with van der Waals surface area (Å²) in [6, 6.07) is 5.50. The zero-order chi connectivity index (χ0) is 18.8. The van der Waals surface area contributed by atoms with Gasteiger partial charge in [-0.2, -0.15) is 5.10 Å². The highest BCUT2D eigenvalue weighted by Gasteiger charge is 2.23. The predicted octanol–water partition coefficient (Wildman–Crippen LogP) is 2.31. The molecule has 0 atom stereocenters. The standard InChI is InChI=1S/C19H24N6O2/c1-13-10-14(18(26)22-15-4-2-3-5-15)6-7-16(13)23-19(27)24-8-9-25-17(11-24)20-12-21-25/h6-7,10,12,15H,2-5,8-9,11H2,1H3,(H,22,26)(H,23,27). The average molecular weight is 368 g/mol. The number of urea groups is 1. The molecule has 0 unspecified atom stereocenters. The average Bonchev–Trinajstić information content (AvgIpc) is 3.34. The van der Waals surface area contributed by atoms with Gasteiger partial charge in [-0.25, -0.2) is 14.5 Å². The number of amides is 3. The first-order valence-electron chi connectivity index (χ1n) is 9.44. The molecule has 3 amide bonds. The van der Waals surface area contributed by atoms with Gasteiger partial charge in [0.05, 0.1) is 13.1 Å². The lowest BCUT2D eigenvalue weighted by Gasteiger charge is -2.27. The molecule has 0 bridgehead atoms. The van der Waals surface area contributed by atoms with E-state index in [2.05, 4.69) is 20.7 Å². The fourth-order valence-corrected chi connectivity index (χ4v) is 3.71. The Bertz CT molecular complexity index is 856. The van der Waals surface area contributed by atoms with Crippen LogP contribution in [0.2, 0.25) is 0 Å². The second kappa shape index (κ2) is 7.38. The summed E-state index contributed by atoms with van der Waals surface area (Å²) in [4.78, 5) is 30.9. The Balaban J connectivity index is 1.39. The van der Waals surface area contributed by atoms with Crippen molar-refractivity contribution in [1.82, 2.24) is 25.0 Å². The van der Waals surface area contributed by atoms with Crippen LogP contribution in [0.3, 0.4) is 0 Å². The summed E-state index contributed by atoms with van der Waals surface area (Å²) in [6.07, 6.45) is 5.99. The number of aryl methyl sites for hydroxylation is 1. The van der Waals surface area contributed by atoms with Gasteiger partial charge in [0.1, 0.15) is 12.2 Å². The summed E-state index contributed by atoms with van der Waals surface area (Å²) in [5.74, 6) is 0.741. The zero-order valence-electron chi connectivity index (χ0n) is 15.4. The number of anilines is 1. The highest BCUT2D eigenvalue weighted by Crippen LogP contribution is 2.21. The molecule has 2 N–H and O–H groups in total. The molecule has 1 fully saturated rings. The Morgan fingerprint density at radius 2 is 2.00 bits per heavy atom. The SMILES string of the molecule is Cc1cc(C(=O)NC2CCCC2)ccc1NC(=O)N1CCn2ncnc2C1. The van der Waals surface area contributed by atoms with Crippen molar-refractivity contribution < 1.29 is 9.59 Å². The van der Waals surface area contributed by atoms with E-state index in [4.69, 9.17) is 0 Å². The van der Waals surface area contributed by atoms with Gasteiger partial charge in [0, 0.05) is 23.8 Å². The van der Waals surface area contributed by atoms with Gasteiger partial charge in [0.15, 0.2) is 0 Å². The maximum atomic E-state index is 12.6. The van der Waals surface area contributed by atoms with Crippen LogP contribution in [0.4, 0.5) is 10.5 Å². The number of carbonyl (C=O) groups is 2. The summed E-state index contributed by atoms with van der Waals surface area (Å²) in [6.45, 7) is 3.56. The van der Waals surface area contributed by atoms with Crippen LogP contribution in [0.1, 0.15) is 47.4 Å². The lowest BCUT2D eigenvalue weighted by atomic mass is 10.1. The normalized spacial score (nSPS) is 16.9. The van der Waals surface area contributed by atoms with Crippen molar-refractivity contribution in [3.05, 3.63) is 41.5 Å². The Kier molecular flexibility index (Phi) is 4.79. The van der Waals surface area contributed by atoms with Gasteiger partial charge in [0.2, 0.25) is 0 Å². The molecule has 27 heavy (non-hydrogen) atoms. The molecule has 8 nitrogen and oxygen atoms in total. The van der Waals surface area contributed by atoms with Crippen LogP contribution in [-0.2, 0) is 13.1 Å². The molecule has 2 heterocycles. The Morgan fingerprint density at radius 1 is 1.19 bits per heavy atom. The molecule has 2 aliphatic rings. The number of benzene rings is 1. The third-order valence-corrected chi connectivity index (χ3v) is 5.32. The molecule has 0 spiro atoms. The van der Waals surface area contributed by atoms with E-state index in [1.165, 1.54) is 19.2 Å². The highest BCUT2D eigenvalue weighted by atomic mass is 16.2. The summed E-state index contributed by atoms with van der Waals surface area (Å²) >= 11 is 0. The number of rotatable bonds is 3. The largest absolute Gasteiger partial charge is 0.349 e. The molecule has 0 radical (unpaired) electrons. The maximum absolute atomic E-state index is 12.6. The van der Waals surface area contributed by atoms with Crippen LogP contribution in [0, 0.1) is 6.92 Å². The van der Waals surface area contributed by atoms with E-state index in [0.717, 1.165) is 24.2 Å². The molecule has 142 valence electrons. The quantitative estimate of drug-likeness (QED) is 0.870. The van der Waals surface area contributed by atoms with Crippen molar-refractivity contribution in [2.75, 3.05) is 11.9 Å². The fraction of sp³-hybridized carbons (Fsp3) is 0.474. The van der Waals surface area contributed by atoms with Gasteiger partial charge >= 0.3 is 6.03 Å². The van der Waals surface area contributed by atoms with Crippen molar-refractivity contribution >= 4 is 17.6 Å². The molecular formula is C19H24N6O2. The number of aromatic nitrogens is 3. The number of fused-ring (bicyclic) bond motifs is 1. The molecule has 1 aromatic carbocycles. The molecule has 8 heteroatoms. The van der Waals surface area contributed by atoms with Gasteiger partial charge in [0.25, 0.3) is 5.91 Å². The van der Waals surface area contributed by atoms with Crippen LogP contribution in [0.15, 0.2) is 24.5 Å². The van der Waals surface area contributed by atoms with Crippen molar-refractivity contribution in [2.24, 2.45) is 0 Å². The van der Waals surface area contributed by atoms with Crippen molar-refractivity contribution in [3.63, 3.8) is 0 Å². The van der Waals surface area contributed by atoms with Gasteiger partial charge in [-0.1, -0.05) is 12.8 Å². The first-order chi connectivity index (χ1) is 13.1. The topological polar surface area (TPSA) is 92.2 Å². The summed E-state index contributed by atoms with van der Waals surface area (Å²) in [7, 11) is 0. The number of hydrogen-bond donors (Lipinski definition) is 2. The van der Waals surface area contributed by atoms with E-state index in [9.17, 15) is 9.59 Å². The third-order valence-electron chi connectivity index (χ3n) is 5.32. The number of nitrogens with zero attached hydrogens (tertiary/aromatic N) is 4. The van der Waals surface area contributed by atoms with E-state index >= 15 is 0 Å². The van der Waals surface area contributed by atoms with Crippen LogP contribution in [0.5, 0.6) is 0 Å². The molecule has 1 aliphatic heterocycles. The number of carbonyl (C=O) groups excluding carboxylic acids is 2. The van der Waals surface area contributed by atoms with Crippen molar-refractivity contribution in [3.8, 4) is 0 Å². The van der Waals surface area contributed by atoms with Crippen LogP contribution in [0.25, 0.3) is 0 Å². The Labute approximate surface area is 158 Å². The monoisotopic (exact) mass is 368 g/mol. The number of hydrogen-bond acceptors (Lipinski definition) is 4. The van der Waals surface area contributed by atoms with Gasteiger partial charge in [-0.15, -0.1) is 0 Å². The van der Waals surface area contributed by atoms with Crippen LogP contribution in [-0.4, -0.2) is 44.2 Å². The molecule has 1 aromatic heterocycles. The minimum atomic E-state index is -0.171. The second-order valence-corrected chi connectivity index (χ2v) is 7.24. The van der Waals surface area contributed by atoms with E-state index in [1.807, 2.05) is 17.7 Å². The van der Waals surface area contributed by atoms with Crippen molar-refractivity contribution in [2.45, 2.75) is 51.7 Å². The smallest absolute Gasteiger partial charge is 0.322 e. The molecule has 2 aromatic rings. The first kappa shape index (κ1) is 17.5. The van der Waals surface area contributed by atoms with E-state index in [0.29, 0.717) is 36.9 Å². The zero-order valence-corrected chi connectivity index (χ0v) is 15.4. The first-order valence-corrected chi connectivity index (χ1v) is 9.44. The third kappa shape index (κ3) is 3.79. The van der Waals surface area contributed by atoms with Gasteiger partial charge < -0.3 is 15.5 Å². The fourth-order valence-electron chi connectivity index (χ4n) is 3.71. The molecule has 1 aliphatic carbocycles.